The summed E-state index contributed by atoms with van der Waals surface area (Å²) in [7, 11) is 0. The molecule has 3 aromatic carbocycles. The molecule has 5 aromatic rings. The zero-order valence-electron chi connectivity index (χ0n) is 22.3. The van der Waals surface area contributed by atoms with Gasteiger partial charge in [-0.3, -0.25) is 19.4 Å². The number of pyridine rings is 2. The summed E-state index contributed by atoms with van der Waals surface area (Å²) in [5.74, 6) is -1.94. The Morgan fingerprint density at radius 2 is 1.56 bits per heavy atom. The first-order valence-electron chi connectivity index (χ1n) is 13.1. The van der Waals surface area contributed by atoms with Crippen molar-refractivity contribution in [2.24, 2.45) is 0 Å². The second kappa shape index (κ2) is 11.8. The van der Waals surface area contributed by atoms with Crippen LogP contribution in [0, 0.1) is 0 Å². The molecule has 8 nitrogen and oxygen atoms in total. The number of benzene rings is 3. The summed E-state index contributed by atoms with van der Waals surface area (Å²) in [5.41, 5.74) is 3.47. The average molecular weight is 546 g/mol. The fourth-order valence-electron chi connectivity index (χ4n) is 4.68. The van der Waals surface area contributed by atoms with Gasteiger partial charge in [0.2, 0.25) is 5.43 Å². The summed E-state index contributed by atoms with van der Waals surface area (Å²) < 4.78 is 1.70. The minimum Gasteiger partial charge on any atom is -0.477 e. The van der Waals surface area contributed by atoms with E-state index in [0.29, 0.717) is 23.2 Å². The van der Waals surface area contributed by atoms with Crippen LogP contribution in [-0.2, 0) is 17.8 Å². The Hall–Kier alpha value is -5.37. The predicted molar refractivity (Wildman–Crippen MR) is 156 cm³/mol. The smallest absolute Gasteiger partial charge is 0.341 e. The van der Waals surface area contributed by atoms with Gasteiger partial charge in [0, 0.05) is 42.5 Å². The monoisotopic (exact) mass is 545 g/mol. The highest BCUT2D eigenvalue weighted by molar-refractivity contribution is 5.99. The van der Waals surface area contributed by atoms with Crippen LogP contribution in [0.3, 0.4) is 0 Å². The molecule has 0 aliphatic heterocycles. The molecule has 0 fully saturated rings. The van der Waals surface area contributed by atoms with Crippen LogP contribution in [0.25, 0.3) is 22.0 Å². The second-order valence-electron chi connectivity index (χ2n) is 9.79. The van der Waals surface area contributed by atoms with Crippen LogP contribution in [-0.4, -0.2) is 38.4 Å². The topological polar surface area (TPSA) is 118 Å². The van der Waals surface area contributed by atoms with Crippen molar-refractivity contribution < 1.29 is 19.5 Å². The van der Waals surface area contributed by atoms with Crippen LogP contribution < -0.4 is 10.7 Å². The van der Waals surface area contributed by atoms with Crippen LogP contribution in [0.4, 0.5) is 0 Å². The lowest BCUT2D eigenvalue weighted by Gasteiger charge is -2.15. The van der Waals surface area contributed by atoms with E-state index in [4.69, 9.17) is 0 Å². The molecule has 2 heterocycles. The van der Waals surface area contributed by atoms with E-state index in [0.717, 1.165) is 16.7 Å². The van der Waals surface area contributed by atoms with E-state index >= 15 is 0 Å². The van der Waals surface area contributed by atoms with E-state index in [2.05, 4.69) is 10.3 Å². The van der Waals surface area contributed by atoms with Gasteiger partial charge in [-0.05, 0) is 65.6 Å². The maximum absolute atomic E-state index is 13.0. The van der Waals surface area contributed by atoms with Crippen molar-refractivity contribution in [3.8, 4) is 11.1 Å². The molecule has 0 unspecified atom stereocenters. The average Bonchev–Trinajstić information content (AvgIpc) is 2.99. The molecule has 0 radical (unpaired) electrons. The van der Waals surface area contributed by atoms with Gasteiger partial charge in [-0.15, -0.1) is 0 Å². The minimum absolute atomic E-state index is 0.0363. The first-order chi connectivity index (χ1) is 19.8. The molecule has 1 amide bonds. The zero-order valence-corrected chi connectivity index (χ0v) is 22.3. The largest absolute Gasteiger partial charge is 0.477 e. The second-order valence-corrected chi connectivity index (χ2v) is 9.79. The first-order valence-corrected chi connectivity index (χ1v) is 13.1. The van der Waals surface area contributed by atoms with E-state index < -0.39 is 17.4 Å². The van der Waals surface area contributed by atoms with Gasteiger partial charge in [0.15, 0.2) is 5.78 Å². The summed E-state index contributed by atoms with van der Waals surface area (Å²) in [5, 5.41) is 12.6. The highest BCUT2D eigenvalue weighted by Gasteiger charge is 2.19. The third-order valence-corrected chi connectivity index (χ3v) is 6.94. The van der Waals surface area contributed by atoms with E-state index in [9.17, 15) is 24.3 Å². The van der Waals surface area contributed by atoms with Crippen LogP contribution >= 0.6 is 0 Å². The molecular weight excluding hydrogens is 518 g/mol. The number of hydrogen-bond donors (Lipinski definition) is 2. The number of carboxylic acids is 1. The summed E-state index contributed by atoms with van der Waals surface area (Å²) in [6.07, 6.45) is 4.58. The van der Waals surface area contributed by atoms with Crippen molar-refractivity contribution in [1.29, 1.82) is 0 Å². The van der Waals surface area contributed by atoms with Crippen LogP contribution in [0.2, 0.25) is 0 Å². The lowest BCUT2D eigenvalue weighted by atomic mass is 10.0. The van der Waals surface area contributed by atoms with Crippen molar-refractivity contribution in [2.45, 2.75) is 25.9 Å². The Kier molecular flexibility index (Phi) is 7.83. The fraction of sp³-hybridized carbons (Fsp3) is 0.121. The highest BCUT2D eigenvalue weighted by atomic mass is 16.4. The number of ketones is 1. The van der Waals surface area contributed by atoms with E-state index in [-0.39, 0.29) is 29.1 Å². The highest BCUT2D eigenvalue weighted by Crippen LogP contribution is 2.20. The summed E-state index contributed by atoms with van der Waals surface area (Å²) in [6, 6.07) is 24.8. The van der Waals surface area contributed by atoms with Gasteiger partial charge in [-0.25, -0.2) is 4.79 Å². The van der Waals surface area contributed by atoms with Crippen LogP contribution in [0.15, 0.2) is 108 Å². The van der Waals surface area contributed by atoms with E-state index in [1.807, 2.05) is 54.6 Å². The Morgan fingerprint density at radius 3 is 2.24 bits per heavy atom. The number of aromatic nitrogens is 2. The van der Waals surface area contributed by atoms with Crippen LogP contribution in [0.5, 0.6) is 0 Å². The lowest BCUT2D eigenvalue weighted by Crippen LogP contribution is -2.39. The van der Waals surface area contributed by atoms with Crippen molar-refractivity contribution >= 4 is 28.6 Å². The SMILES string of the molecule is C[C@H](NC(=O)c1ccc(-c2ccccc2)cc1)C(=O)Cc1ccc2c(c1)c(=O)c(C(=O)O)cn2Cc1ccncc1. The van der Waals surface area contributed by atoms with E-state index in [1.165, 1.54) is 6.20 Å². The normalized spacial score (nSPS) is 11.6. The minimum atomic E-state index is -1.32. The van der Waals surface area contributed by atoms with Crippen molar-refractivity contribution in [3.63, 3.8) is 0 Å². The number of Topliss-reactive ketones (excluding diaryl/α,β-unsaturated/α-hetero) is 1. The number of hydrogen-bond acceptors (Lipinski definition) is 5. The summed E-state index contributed by atoms with van der Waals surface area (Å²) in [6.45, 7) is 1.96. The molecule has 5 rings (SSSR count). The molecule has 0 saturated carbocycles. The van der Waals surface area contributed by atoms with Gasteiger partial charge >= 0.3 is 5.97 Å². The fourth-order valence-corrected chi connectivity index (χ4v) is 4.68. The van der Waals surface area contributed by atoms with Gasteiger partial charge in [-0.2, -0.15) is 0 Å². The molecule has 2 N–H and O–H groups in total. The molecule has 41 heavy (non-hydrogen) atoms. The Labute approximate surface area is 235 Å². The number of carboxylic acid groups (broad SMARTS) is 1. The Balaban J connectivity index is 1.32. The third kappa shape index (κ3) is 6.12. The number of rotatable bonds is 9. The van der Waals surface area contributed by atoms with Gasteiger partial charge in [-0.1, -0.05) is 48.5 Å². The number of nitrogens with one attached hydrogen (secondary N) is 1. The number of carbonyl (C=O) groups excluding carboxylic acids is 2. The molecule has 8 heteroatoms. The Morgan fingerprint density at radius 1 is 0.878 bits per heavy atom. The van der Waals surface area contributed by atoms with E-state index in [1.54, 1.807) is 54.2 Å². The first kappa shape index (κ1) is 27.2. The lowest BCUT2D eigenvalue weighted by molar-refractivity contribution is -0.119. The molecule has 2 aromatic heterocycles. The zero-order chi connectivity index (χ0) is 28.9. The Bertz CT molecular complexity index is 1800. The number of fused-ring (bicyclic) bond motifs is 1. The predicted octanol–water partition coefficient (Wildman–Crippen LogP) is 4.74. The molecular formula is C33H27N3O5. The third-order valence-electron chi connectivity index (χ3n) is 6.94. The van der Waals surface area contributed by atoms with Crippen molar-refractivity contribution in [3.05, 3.63) is 136 Å². The number of amides is 1. The standard InChI is InChI=1S/C33H27N3O5/c1-21(35-32(39)26-10-8-25(9-11-26)24-5-3-2-4-6-24)30(37)18-23-7-12-29-27(17-23)31(38)28(33(40)41)20-36(29)19-22-13-15-34-16-14-22/h2-17,20-21H,18-19H2,1H3,(H,35,39)(H,40,41)/t21-/m0/s1. The summed E-state index contributed by atoms with van der Waals surface area (Å²) in [4.78, 5) is 54.7. The maximum atomic E-state index is 13.0. The van der Waals surface area contributed by atoms with Gasteiger partial charge < -0.3 is 15.0 Å². The van der Waals surface area contributed by atoms with Gasteiger partial charge in [0.05, 0.1) is 11.6 Å². The molecule has 0 spiro atoms. The molecule has 204 valence electrons. The summed E-state index contributed by atoms with van der Waals surface area (Å²) >= 11 is 0. The number of carbonyl (C=O) groups is 3. The van der Waals surface area contributed by atoms with Crippen molar-refractivity contribution in [2.75, 3.05) is 0 Å². The molecule has 0 bridgehead atoms. The molecule has 0 saturated heterocycles. The number of aromatic carboxylic acids is 1. The van der Waals surface area contributed by atoms with Crippen LogP contribution in [0.1, 0.15) is 38.8 Å². The van der Waals surface area contributed by atoms with Crippen molar-refractivity contribution in [1.82, 2.24) is 14.9 Å². The molecule has 0 aliphatic rings. The molecule has 1 atom stereocenters. The molecule has 0 aliphatic carbocycles. The quantitative estimate of drug-likeness (QED) is 0.276. The number of nitrogens with zero attached hydrogens (tertiary/aromatic N) is 2. The van der Waals surface area contributed by atoms with Gasteiger partial charge in [0.1, 0.15) is 5.56 Å². The maximum Gasteiger partial charge on any atom is 0.341 e. The van der Waals surface area contributed by atoms with Gasteiger partial charge in [0.25, 0.3) is 5.91 Å².